The van der Waals surface area contributed by atoms with Crippen LogP contribution in [0.15, 0.2) is 80.3 Å². The Morgan fingerprint density at radius 3 is 2.30 bits per heavy atom. The predicted octanol–water partition coefficient (Wildman–Crippen LogP) is 5.57. The Hall–Kier alpha value is -2.62. The van der Waals surface area contributed by atoms with E-state index in [2.05, 4.69) is 18.6 Å². The fraction of sp³-hybridized carbons (Fsp3) is 0.167. The van der Waals surface area contributed by atoms with Crippen molar-refractivity contribution in [2.75, 3.05) is 0 Å². The maximum Gasteiger partial charge on any atom is 0.387 e. The minimum Gasteiger partial charge on any atom is -0.435 e. The number of aromatic nitrogens is 1. The van der Waals surface area contributed by atoms with Gasteiger partial charge in [-0.05, 0) is 59.6 Å². The van der Waals surface area contributed by atoms with Crippen LogP contribution in [0.4, 0.5) is 8.78 Å². The molecule has 0 spiro atoms. The van der Waals surface area contributed by atoms with Gasteiger partial charge >= 0.3 is 6.61 Å². The van der Waals surface area contributed by atoms with Crippen molar-refractivity contribution in [3.8, 4) is 5.75 Å². The van der Waals surface area contributed by atoms with Crippen LogP contribution in [-0.4, -0.2) is 11.2 Å². The molecule has 3 heterocycles. The molecule has 0 fully saturated rings. The molecule has 5 rings (SSSR count). The molecule has 0 saturated carbocycles. The van der Waals surface area contributed by atoms with Gasteiger partial charge in [-0.25, -0.2) is 4.99 Å². The van der Waals surface area contributed by atoms with Crippen molar-refractivity contribution in [2.24, 2.45) is 4.99 Å². The molecule has 1 atom stereocenters. The molecule has 4 nitrogen and oxygen atoms in total. The maximum atomic E-state index is 13.5. The van der Waals surface area contributed by atoms with Crippen molar-refractivity contribution in [3.63, 3.8) is 0 Å². The monoisotopic (exact) mass is 500 g/mol. The summed E-state index contributed by atoms with van der Waals surface area (Å²) in [6, 6.07) is 15.9. The van der Waals surface area contributed by atoms with Crippen LogP contribution in [0.5, 0.6) is 5.75 Å². The Bertz CT molecular complexity index is 1440. The zero-order chi connectivity index (χ0) is 23.1. The summed E-state index contributed by atoms with van der Waals surface area (Å²) >= 11 is 4.64. The standard InChI is InChI=1S/C24H18F2N2O2S3/c1-13-14(2)32-22(31-13)20-21(29)28-19(16-6-4-3-5-7-16)12-18(27-24(28)33-20)15-8-10-17(11-9-15)30-23(25)26/h3-12,19,23H,1-2H3/t19-/m1/s1. The highest BCUT2D eigenvalue weighted by Gasteiger charge is 2.25. The van der Waals surface area contributed by atoms with Crippen molar-refractivity contribution in [1.82, 2.24) is 4.57 Å². The molecule has 3 aromatic rings. The summed E-state index contributed by atoms with van der Waals surface area (Å²) in [7, 11) is 0. The molecule has 0 unspecified atom stereocenters. The van der Waals surface area contributed by atoms with Gasteiger partial charge in [-0.15, -0.1) is 0 Å². The van der Waals surface area contributed by atoms with Gasteiger partial charge in [0.1, 0.15) is 10.3 Å². The molecule has 1 aromatic heterocycles. The lowest BCUT2D eigenvalue weighted by Gasteiger charge is -2.19. The van der Waals surface area contributed by atoms with E-state index in [1.807, 2.05) is 36.4 Å². The minimum absolute atomic E-state index is 0.0546. The van der Waals surface area contributed by atoms with Gasteiger partial charge in [0, 0.05) is 5.56 Å². The molecule has 2 aromatic carbocycles. The minimum atomic E-state index is -2.87. The van der Waals surface area contributed by atoms with Gasteiger partial charge in [-0.3, -0.25) is 9.36 Å². The van der Waals surface area contributed by atoms with Gasteiger partial charge in [-0.2, -0.15) is 8.78 Å². The molecule has 168 valence electrons. The van der Waals surface area contributed by atoms with E-state index in [4.69, 9.17) is 4.99 Å². The van der Waals surface area contributed by atoms with Gasteiger partial charge in [0.15, 0.2) is 4.80 Å². The first-order chi connectivity index (χ1) is 15.9. The number of thioether (sulfide) groups is 2. The second kappa shape index (κ2) is 8.96. The van der Waals surface area contributed by atoms with Crippen LogP contribution in [0.3, 0.4) is 0 Å². The van der Waals surface area contributed by atoms with Crippen molar-refractivity contribution in [3.05, 3.63) is 101 Å². The topological polar surface area (TPSA) is 43.6 Å². The van der Waals surface area contributed by atoms with Gasteiger partial charge in [-0.1, -0.05) is 65.2 Å². The average Bonchev–Trinajstić information content (AvgIpc) is 3.32. The molecule has 2 aliphatic heterocycles. The Balaban J connectivity index is 1.66. The van der Waals surface area contributed by atoms with E-state index in [1.165, 1.54) is 33.3 Å². The Morgan fingerprint density at radius 1 is 1.00 bits per heavy atom. The zero-order valence-electron chi connectivity index (χ0n) is 17.6. The van der Waals surface area contributed by atoms with Gasteiger partial charge in [0.2, 0.25) is 0 Å². The fourth-order valence-corrected chi connectivity index (χ4v) is 7.36. The van der Waals surface area contributed by atoms with E-state index in [9.17, 15) is 13.6 Å². The van der Waals surface area contributed by atoms with Gasteiger partial charge in [0.05, 0.1) is 16.0 Å². The first-order valence-corrected chi connectivity index (χ1v) is 12.5. The number of fused-ring (bicyclic) bond motifs is 1. The first-order valence-electron chi connectivity index (χ1n) is 10.1. The van der Waals surface area contributed by atoms with E-state index in [-0.39, 0.29) is 17.4 Å². The van der Waals surface area contributed by atoms with Gasteiger partial charge < -0.3 is 4.74 Å². The highest BCUT2D eigenvalue weighted by Crippen LogP contribution is 2.48. The number of rotatable bonds is 4. The number of hydrogen-bond acceptors (Lipinski definition) is 6. The lowest BCUT2D eigenvalue weighted by molar-refractivity contribution is -0.0498. The second-order valence-electron chi connectivity index (χ2n) is 7.41. The Morgan fingerprint density at radius 2 is 1.67 bits per heavy atom. The summed E-state index contributed by atoms with van der Waals surface area (Å²) in [5, 5.41) is 0. The lowest BCUT2D eigenvalue weighted by Crippen LogP contribution is -2.36. The van der Waals surface area contributed by atoms with E-state index < -0.39 is 6.61 Å². The number of thiazole rings is 1. The van der Waals surface area contributed by atoms with Crippen LogP contribution in [0.25, 0.3) is 9.93 Å². The first kappa shape index (κ1) is 22.2. The predicted molar refractivity (Wildman–Crippen MR) is 132 cm³/mol. The molecule has 0 aliphatic carbocycles. The van der Waals surface area contributed by atoms with Crippen LogP contribution in [0.1, 0.15) is 31.0 Å². The molecule has 9 heteroatoms. The summed E-state index contributed by atoms with van der Waals surface area (Å²) in [5.74, 6) is 0.0880. The number of hydrogen-bond donors (Lipinski definition) is 0. The Labute approximate surface area is 201 Å². The molecule has 2 aliphatic rings. The largest absolute Gasteiger partial charge is 0.435 e. The molecule has 0 amide bonds. The summed E-state index contributed by atoms with van der Waals surface area (Å²) in [6.07, 6.45) is 1.94. The van der Waals surface area contributed by atoms with E-state index >= 15 is 0 Å². The molecule has 0 bridgehead atoms. The van der Waals surface area contributed by atoms with Crippen LogP contribution in [0.2, 0.25) is 0 Å². The summed E-state index contributed by atoms with van der Waals surface area (Å²) in [5.41, 5.74) is 2.36. The van der Waals surface area contributed by atoms with Crippen LogP contribution >= 0.6 is 34.9 Å². The van der Waals surface area contributed by atoms with Crippen molar-refractivity contribution in [2.45, 2.75) is 26.5 Å². The highest BCUT2D eigenvalue weighted by molar-refractivity contribution is 8.35. The summed E-state index contributed by atoms with van der Waals surface area (Å²) < 4.78 is 32.9. The number of benzene rings is 2. The maximum absolute atomic E-state index is 13.5. The Kier molecular flexibility index (Phi) is 6.03. The molecule has 0 radical (unpaired) electrons. The molecule has 33 heavy (non-hydrogen) atoms. The van der Waals surface area contributed by atoms with Crippen molar-refractivity contribution >= 4 is 44.8 Å². The van der Waals surface area contributed by atoms with Crippen LogP contribution in [0, 0.1) is 0 Å². The molecule has 0 N–H and O–H groups in total. The molecule has 0 saturated heterocycles. The highest BCUT2D eigenvalue weighted by atomic mass is 32.2. The smallest absolute Gasteiger partial charge is 0.387 e. The third kappa shape index (κ3) is 4.32. The SMILES string of the molecule is CC1=C(C)SC(=c2sc3n(c2=O)[C@@H](c2ccccc2)C=C(c2ccc(OC(F)F)cc2)N=3)S1. The second-order valence-corrected chi connectivity index (χ2v) is 11.1. The number of allylic oxidation sites excluding steroid dienone is 3. The van der Waals surface area contributed by atoms with Crippen molar-refractivity contribution in [1.29, 1.82) is 0 Å². The van der Waals surface area contributed by atoms with E-state index in [0.717, 1.165) is 15.4 Å². The van der Waals surface area contributed by atoms with Crippen LogP contribution < -0.4 is 19.6 Å². The third-order valence-electron chi connectivity index (χ3n) is 5.31. The summed E-state index contributed by atoms with van der Waals surface area (Å²) in [4.78, 5) is 21.3. The average molecular weight is 501 g/mol. The van der Waals surface area contributed by atoms with Crippen LogP contribution in [-0.2, 0) is 0 Å². The molecular formula is C24H18F2N2O2S3. The molecular weight excluding hydrogens is 482 g/mol. The third-order valence-corrected chi connectivity index (χ3v) is 9.26. The van der Waals surface area contributed by atoms with Gasteiger partial charge in [0.25, 0.3) is 5.56 Å². The number of halogens is 2. The number of alkyl halides is 2. The number of nitrogens with zero attached hydrogens (tertiary/aromatic N) is 2. The quantitative estimate of drug-likeness (QED) is 0.470. The van der Waals surface area contributed by atoms with Crippen molar-refractivity contribution < 1.29 is 13.5 Å². The zero-order valence-corrected chi connectivity index (χ0v) is 20.1. The van der Waals surface area contributed by atoms with E-state index in [1.54, 1.807) is 40.2 Å². The lowest BCUT2D eigenvalue weighted by atomic mass is 10.0. The summed E-state index contributed by atoms with van der Waals surface area (Å²) in [6.45, 7) is 1.24. The fourth-order valence-electron chi connectivity index (χ4n) is 3.59. The normalized spacial score (nSPS) is 17.8. The van der Waals surface area contributed by atoms with E-state index in [0.29, 0.717) is 15.0 Å². The number of ether oxygens (including phenoxy) is 1.